The largest absolute Gasteiger partial charge is 0.326 e. The fourth-order valence-corrected chi connectivity index (χ4v) is 4.98. The van der Waals surface area contributed by atoms with E-state index in [1.165, 1.54) is 27.8 Å². The number of carbonyl (C=O) groups is 2. The number of ketones is 1. The second kappa shape index (κ2) is 8.10. The van der Waals surface area contributed by atoms with Crippen LogP contribution in [0.4, 0.5) is 5.69 Å². The predicted octanol–water partition coefficient (Wildman–Crippen LogP) is 3.79. The molecule has 1 aromatic carbocycles. The van der Waals surface area contributed by atoms with Crippen LogP contribution in [0, 0.1) is 0 Å². The van der Waals surface area contributed by atoms with E-state index in [1.54, 1.807) is 31.3 Å². The molecule has 1 amide bonds. The van der Waals surface area contributed by atoms with Crippen molar-refractivity contribution in [2.75, 3.05) is 12.4 Å². The Morgan fingerprint density at radius 2 is 1.81 bits per heavy atom. The number of sulfonamides is 1. The van der Waals surface area contributed by atoms with Crippen LogP contribution in [0.25, 0.3) is 0 Å². The Morgan fingerprint density at radius 3 is 2.37 bits per heavy atom. The van der Waals surface area contributed by atoms with Crippen molar-refractivity contribution in [2.45, 2.75) is 36.6 Å². The number of rotatable bonds is 8. The first kappa shape index (κ1) is 20.0. The van der Waals surface area contributed by atoms with Gasteiger partial charge in [-0.05, 0) is 49.2 Å². The zero-order chi connectivity index (χ0) is 19.6. The molecule has 1 fully saturated rings. The van der Waals surface area contributed by atoms with Gasteiger partial charge in [0.1, 0.15) is 0 Å². The molecule has 6 nitrogen and oxygen atoms in total. The van der Waals surface area contributed by atoms with Crippen LogP contribution in [-0.4, -0.2) is 37.5 Å². The summed E-state index contributed by atoms with van der Waals surface area (Å²) in [6, 6.07) is 9.43. The Kier molecular flexibility index (Phi) is 6.00. The number of nitrogens with zero attached hydrogens (tertiary/aromatic N) is 1. The summed E-state index contributed by atoms with van der Waals surface area (Å²) in [6.07, 6.45) is 1.90. The number of anilines is 1. The molecule has 0 saturated heterocycles. The van der Waals surface area contributed by atoms with Gasteiger partial charge in [-0.3, -0.25) is 9.59 Å². The minimum Gasteiger partial charge on any atom is -0.326 e. The second-order valence-electron chi connectivity index (χ2n) is 6.35. The molecule has 1 aliphatic rings. The third-order valence-corrected chi connectivity index (χ3v) is 7.50. The Labute approximate surface area is 167 Å². The molecular formula is C18H19ClN2O4S2. The first-order chi connectivity index (χ1) is 12.8. The standard InChI is InChI=1S/C18H19ClN2O4S2/c1-21(13-4-5-13)27(24,25)14-6-2-12(3-7-14)20-18(23)11-8-15(22)16-9-10-17(19)26-16/h2-3,6-7,9-10,13H,4-5,8,11H2,1H3,(H,20,23). The molecule has 0 atom stereocenters. The molecule has 2 aromatic rings. The number of halogens is 1. The minimum absolute atomic E-state index is 0.0405. The molecule has 0 bridgehead atoms. The highest BCUT2D eigenvalue weighted by Crippen LogP contribution is 2.30. The molecule has 9 heteroatoms. The predicted molar refractivity (Wildman–Crippen MR) is 106 cm³/mol. The van der Waals surface area contributed by atoms with Crippen LogP contribution in [-0.2, 0) is 14.8 Å². The molecule has 1 heterocycles. The monoisotopic (exact) mass is 426 g/mol. The number of Topliss-reactive ketones (excluding diaryl/α,β-unsaturated/α-hetero) is 1. The van der Waals surface area contributed by atoms with Gasteiger partial charge in [-0.2, -0.15) is 4.31 Å². The number of nitrogens with one attached hydrogen (secondary N) is 1. The Hall–Kier alpha value is -1.74. The van der Waals surface area contributed by atoms with E-state index >= 15 is 0 Å². The molecule has 1 aromatic heterocycles. The van der Waals surface area contributed by atoms with E-state index in [0.29, 0.717) is 14.9 Å². The SMILES string of the molecule is CN(C1CC1)S(=O)(=O)c1ccc(NC(=O)CCC(=O)c2ccc(Cl)s2)cc1. The van der Waals surface area contributed by atoms with Gasteiger partial charge < -0.3 is 5.32 Å². The number of amides is 1. The van der Waals surface area contributed by atoms with Gasteiger partial charge >= 0.3 is 0 Å². The molecule has 3 rings (SSSR count). The normalized spacial score (nSPS) is 14.3. The molecule has 144 valence electrons. The molecule has 0 spiro atoms. The zero-order valence-electron chi connectivity index (χ0n) is 14.6. The topological polar surface area (TPSA) is 83.6 Å². The summed E-state index contributed by atoms with van der Waals surface area (Å²) in [5, 5.41) is 2.67. The maximum absolute atomic E-state index is 12.5. The van der Waals surface area contributed by atoms with Gasteiger partial charge in [-0.25, -0.2) is 8.42 Å². The molecule has 1 N–H and O–H groups in total. The number of carbonyl (C=O) groups excluding carboxylic acids is 2. The van der Waals surface area contributed by atoms with E-state index < -0.39 is 10.0 Å². The number of hydrogen-bond donors (Lipinski definition) is 1. The number of benzene rings is 1. The Morgan fingerprint density at radius 1 is 1.15 bits per heavy atom. The summed E-state index contributed by atoms with van der Waals surface area (Å²) >= 11 is 6.99. The highest BCUT2D eigenvalue weighted by atomic mass is 35.5. The summed E-state index contributed by atoms with van der Waals surface area (Å²) < 4.78 is 26.8. The lowest BCUT2D eigenvalue weighted by Crippen LogP contribution is -2.28. The highest BCUT2D eigenvalue weighted by molar-refractivity contribution is 7.89. The van der Waals surface area contributed by atoms with Crippen LogP contribution in [0.1, 0.15) is 35.4 Å². The van der Waals surface area contributed by atoms with Crippen molar-refractivity contribution < 1.29 is 18.0 Å². The molecule has 0 aliphatic heterocycles. The summed E-state index contributed by atoms with van der Waals surface area (Å²) in [6.45, 7) is 0. The van der Waals surface area contributed by atoms with Gasteiger partial charge in [0.2, 0.25) is 15.9 Å². The minimum atomic E-state index is -3.50. The molecule has 27 heavy (non-hydrogen) atoms. The van der Waals surface area contributed by atoms with Crippen LogP contribution in [0.5, 0.6) is 0 Å². The van der Waals surface area contributed by atoms with Crippen molar-refractivity contribution in [2.24, 2.45) is 0 Å². The second-order valence-corrected chi connectivity index (χ2v) is 10.1. The number of hydrogen-bond acceptors (Lipinski definition) is 5. The molecule has 1 saturated carbocycles. The average molecular weight is 427 g/mol. The van der Waals surface area contributed by atoms with E-state index in [-0.39, 0.29) is 35.5 Å². The fourth-order valence-electron chi connectivity index (χ4n) is 2.55. The van der Waals surface area contributed by atoms with Gasteiger partial charge in [0, 0.05) is 31.6 Å². The van der Waals surface area contributed by atoms with E-state index in [9.17, 15) is 18.0 Å². The van der Waals surface area contributed by atoms with E-state index in [4.69, 9.17) is 11.6 Å². The lowest BCUT2D eigenvalue weighted by Gasteiger charge is -2.16. The van der Waals surface area contributed by atoms with Crippen LogP contribution in [0.3, 0.4) is 0 Å². The first-order valence-electron chi connectivity index (χ1n) is 8.44. The van der Waals surface area contributed by atoms with Gasteiger partial charge in [-0.1, -0.05) is 11.6 Å². The summed E-state index contributed by atoms with van der Waals surface area (Å²) in [7, 11) is -1.92. The summed E-state index contributed by atoms with van der Waals surface area (Å²) in [4.78, 5) is 24.7. The third-order valence-electron chi connectivity index (χ3n) is 4.30. The lowest BCUT2D eigenvalue weighted by atomic mass is 10.2. The van der Waals surface area contributed by atoms with Crippen LogP contribution < -0.4 is 5.32 Å². The first-order valence-corrected chi connectivity index (χ1v) is 11.1. The highest BCUT2D eigenvalue weighted by Gasteiger charge is 2.34. The summed E-state index contributed by atoms with van der Waals surface area (Å²) in [5.74, 6) is -0.441. The van der Waals surface area contributed by atoms with Crippen molar-refractivity contribution in [3.8, 4) is 0 Å². The van der Waals surface area contributed by atoms with Gasteiger partial charge in [-0.15, -0.1) is 11.3 Å². The lowest BCUT2D eigenvalue weighted by molar-refractivity contribution is -0.116. The van der Waals surface area contributed by atoms with E-state index in [0.717, 1.165) is 12.8 Å². The quantitative estimate of drug-likeness (QED) is 0.651. The van der Waals surface area contributed by atoms with Crippen LogP contribution >= 0.6 is 22.9 Å². The van der Waals surface area contributed by atoms with Crippen molar-refractivity contribution in [3.63, 3.8) is 0 Å². The van der Waals surface area contributed by atoms with Crippen LogP contribution in [0.2, 0.25) is 4.34 Å². The van der Waals surface area contributed by atoms with Crippen molar-refractivity contribution in [3.05, 3.63) is 45.6 Å². The maximum atomic E-state index is 12.5. The van der Waals surface area contributed by atoms with Gasteiger partial charge in [0.15, 0.2) is 5.78 Å². The third kappa shape index (κ3) is 4.95. The maximum Gasteiger partial charge on any atom is 0.243 e. The van der Waals surface area contributed by atoms with E-state index in [2.05, 4.69) is 5.32 Å². The molecular weight excluding hydrogens is 408 g/mol. The number of thiophene rings is 1. The average Bonchev–Trinajstić information content (AvgIpc) is 3.40. The molecule has 1 aliphatic carbocycles. The Bertz CT molecular complexity index is 950. The van der Waals surface area contributed by atoms with Gasteiger partial charge in [0.05, 0.1) is 14.1 Å². The van der Waals surface area contributed by atoms with Crippen molar-refractivity contribution in [1.82, 2.24) is 4.31 Å². The zero-order valence-corrected chi connectivity index (χ0v) is 17.0. The fraction of sp³-hybridized carbons (Fsp3) is 0.333. The van der Waals surface area contributed by atoms with Crippen molar-refractivity contribution in [1.29, 1.82) is 0 Å². The smallest absolute Gasteiger partial charge is 0.243 e. The Balaban J connectivity index is 1.54. The van der Waals surface area contributed by atoms with Crippen LogP contribution in [0.15, 0.2) is 41.3 Å². The van der Waals surface area contributed by atoms with Crippen molar-refractivity contribution >= 4 is 50.3 Å². The molecule has 0 unspecified atom stereocenters. The van der Waals surface area contributed by atoms with E-state index in [1.807, 2.05) is 0 Å². The summed E-state index contributed by atoms with van der Waals surface area (Å²) in [5.41, 5.74) is 0.486. The van der Waals surface area contributed by atoms with Gasteiger partial charge in [0.25, 0.3) is 0 Å². The molecule has 0 radical (unpaired) electrons.